The highest BCUT2D eigenvalue weighted by Gasteiger charge is 2.49. The van der Waals surface area contributed by atoms with Gasteiger partial charge in [0.15, 0.2) is 0 Å². The Morgan fingerprint density at radius 1 is 1.30 bits per heavy atom. The first-order valence-electron chi connectivity index (χ1n) is 9.85. The average molecular weight is 481 g/mol. The van der Waals surface area contributed by atoms with Crippen molar-refractivity contribution >= 4 is 39.9 Å². The second-order valence-electron chi connectivity index (χ2n) is 7.48. The highest BCUT2D eigenvalue weighted by atomic mass is 79.9. The molecule has 1 aromatic carbocycles. The highest BCUT2D eigenvalue weighted by Crippen LogP contribution is 2.30. The van der Waals surface area contributed by atoms with E-state index >= 15 is 0 Å². The fourth-order valence-corrected chi connectivity index (χ4v) is 4.07. The highest BCUT2D eigenvalue weighted by molar-refractivity contribution is 9.10. The predicted molar refractivity (Wildman–Crippen MR) is 111 cm³/mol. The molecule has 2 heterocycles. The van der Waals surface area contributed by atoms with E-state index in [2.05, 4.69) is 26.6 Å². The Balaban J connectivity index is 1.56. The van der Waals surface area contributed by atoms with Crippen molar-refractivity contribution in [3.63, 3.8) is 0 Å². The zero-order valence-electron chi connectivity index (χ0n) is 16.9. The van der Waals surface area contributed by atoms with E-state index in [-0.39, 0.29) is 18.7 Å². The second kappa shape index (κ2) is 9.03. The summed E-state index contributed by atoms with van der Waals surface area (Å²) < 4.78 is 5.77. The first-order valence-corrected chi connectivity index (χ1v) is 10.6. The number of hydrogen-bond acceptors (Lipinski definition) is 5. The number of nitrogens with zero attached hydrogens (tertiary/aromatic N) is 2. The van der Waals surface area contributed by atoms with E-state index in [1.807, 2.05) is 6.07 Å². The van der Waals surface area contributed by atoms with Crippen LogP contribution in [0.25, 0.3) is 0 Å². The molecule has 0 unspecified atom stereocenters. The van der Waals surface area contributed by atoms with E-state index in [9.17, 15) is 19.2 Å². The molecule has 2 aliphatic heterocycles. The van der Waals surface area contributed by atoms with E-state index < -0.39 is 23.4 Å². The van der Waals surface area contributed by atoms with Gasteiger partial charge in [-0.15, -0.1) is 0 Å². The van der Waals surface area contributed by atoms with Gasteiger partial charge < -0.3 is 20.3 Å². The van der Waals surface area contributed by atoms with Gasteiger partial charge in [0, 0.05) is 23.6 Å². The quantitative estimate of drug-likeness (QED) is 0.626. The van der Waals surface area contributed by atoms with Crippen LogP contribution in [-0.4, -0.2) is 66.0 Å². The number of piperidine rings is 1. The van der Waals surface area contributed by atoms with Crippen LogP contribution in [0, 0.1) is 0 Å². The summed E-state index contributed by atoms with van der Waals surface area (Å²) in [5, 5.41) is 5.55. The summed E-state index contributed by atoms with van der Waals surface area (Å²) in [4.78, 5) is 52.1. The van der Waals surface area contributed by atoms with Crippen LogP contribution in [-0.2, 0) is 19.9 Å². The maximum atomic E-state index is 12.9. The largest absolute Gasteiger partial charge is 0.450 e. The maximum absolute atomic E-state index is 12.9. The number of benzene rings is 1. The third kappa shape index (κ3) is 4.58. The van der Waals surface area contributed by atoms with Crippen molar-refractivity contribution in [2.24, 2.45) is 0 Å². The molecule has 0 radical (unpaired) electrons. The number of likely N-dealkylation sites (tertiary alicyclic amines) is 1. The zero-order chi connectivity index (χ0) is 21.9. The van der Waals surface area contributed by atoms with Gasteiger partial charge in [0.25, 0.3) is 5.91 Å². The van der Waals surface area contributed by atoms with Crippen LogP contribution >= 0.6 is 15.9 Å². The number of nitrogens with one attached hydrogen (secondary N) is 2. The Morgan fingerprint density at radius 3 is 2.63 bits per heavy atom. The van der Waals surface area contributed by atoms with Crippen molar-refractivity contribution < 1.29 is 23.9 Å². The Bertz CT molecular complexity index is 855. The smallest absolute Gasteiger partial charge is 0.409 e. The Hall–Kier alpha value is -2.62. The minimum Gasteiger partial charge on any atom is -0.450 e. The molecule has 0 bridgehead atoms. The van der Waals surface area contributed by atoms with Gasteiger partial charge >= 0.3 is 12.1 Å². The molecule has 2 fully saturated rings. The number of carbonyl (C=O) groups excluding carboxylic acids is 4. The molecule has 9 nitrogen and oxygen atoms in total. The van der Waals surface area contributed by atoms with E-state index in [0.717, 1.165) is 9.37 Å². The number of urea groups is 1. The van der Waals surface area contributed by atoms with Gasteiger partial charge in [-0.1, -0.05) is 28.1 Å². The van der Waals surface area contributed by atoms with Gasteiger partial charge in [0.2, 0.25) is 5.91 Å². The Kier molecular flexibility index (Phi) is 6.64. The molecule has 0 aromatic heterocycles. The third-order valence-electron chi connectivity index (χ3n) is 5.36. The number of carbonyl (C=O) groups is 4. The fraction of sp³-hybridized carbons (Fsp3) is 0.500. The van der Waals surface area contributed by atoms with E-state index in [0.29, 0.717) is 38.1 Å². The lowest BCUT2D eigenvalue weighted by molar-refractivity contribution is -0.135. The van der Waals surface area contributed by atoms with Gasteiger partial charge in [-0.2, -0.15) is 0 Å². The standard InChI is InChI=1S/C20H25BrN4O5/c1-3-30-19(29)24-9-7-15(8-10-24)22-16(26)12-25-17(27)20(2,23-18(25)28)13-5-4-6-14(21)11-13/h4-6,11,15H,3,7-10,12H2,1-2H3,(H,22,26)(H,23,28)/t20-/m0/s1. The molecule has 162 valence electrons. The van der Waals surface area contributed by atoms with E-state index in [4.69, 9.17) is 4.74 Å². The number of rotatable bonds is 5. The SMILES string of the molecule is CCOC(=O)N1CCC(NC(=O)CN2C(=O)N[C@@](C)(c3cccc(Br)c3)C2=O)CC1. The summed E-state index contributed by atoms with van der Waals surface area (Å²) in [7, 11) is 0. The lowest BCUT2D eigenvalue weighted by Crippen LogP contribution is -2.49. The summed E-state index contributed by atoms with van der Waals surface area (Å²) in [5.74, 6) is -0.885. The van der Waals surface area contributed by atoms with Crippen LogP contribution in [0.5, 0.6) is 0 Å². The number of imide groups is 1. The first-order chi connectivity index (χ1) is 14.2. The van der Waals surface area contributed by atoms with Crippen molar-refractivity contribution in [2.75, 3.05) is 26.2 Å². The average Bonchev–Trinajstić information content (AvgIpc) is 2.93. The zero-order valence-corrected chi connectivity index (χ0v) is 18.5. The van der Waals surface area contributed by atoms with Crippen LogP contribution in [0.15, 0.2) is 28.7 Å². The normalized spacial score (nSPS) is 22.1. The molecule has 3 rings (SSSR count). The van der Waals surface area contributed by atoms with Crippen LogP contribution in [0.3, 0.4) is 0 Å². The lowest BCUT2D eigenvalue weighted by atomic mass is 9.92. The molecule has 10 heteroatoms. The van der Waals surface area contributed by atoms with Gasteiger partial charge in [0.1, 0.15) is 12.1 Å². The molecular formula is C20H25BrN4O5. The molecule has 30 heavy (non-hydrogen) atoms. The van der Waals surface area contributed by atoms with Crippen molar-refractivity contribution in [1.82, 2.24) is 20.4 Å². The molecule has 1 atom stereocenters. The van der Waals surface area contributed by atoms with Crippen molar-refractivity contribution in [2.45, 2.75) is 38.3 Å². The summed E-state index contributed by atoms with van der Waals surface area (Å²) >= 11 is 3.37. The van der Waals surface area contributed by atoms with Crippen LogP contribution in [0.4, 0.5) is 9.59 Å². The fourth-order valence-electron chi connectivity index (χ4n) is 3.67. The number of amides is 5. The lowest BCUT2D eigenvalue weighted by Gasteiger charge is -2.31. The molecule has 0 spiro atoms. The maximum Gasteiger partial charge on any atom is 0.409 e. The van der Waals surface area contributed by atoms with Gasteiger partial charge in [-0.05, 0) is 44.4 Å². The minimum absolute atomic E-state index is 0.125. The Morgan fingerprint density at radius 2 is 2.00 bits per heavy atom. The van der Waals surface area contributed by atoms with Crippen LogP contribution in [0.1, 0.15) is 32.3 Å². The third-order valence-corrected chi connectivity index (χ3v) is 5.86. The van der Waals surface area contributed by atoms with Gasteiger partial charge in [-0.25, -0.2) is 9.59 Å². The van der Waals surface area contributed by atoms with Gasteiger partial charge in [-0.3, -0.25) is 14.5 Å². The molecule has 2 saturated heterocycles. The van der Waals surface area contributed by atoms with Crippen molar-refractivity contribution in [3.8, 4) is 0 Å². The monoisotopic (exact) mass is 480 g/mol. The molecule has 1 aromatic rings. The number of halogens is 1. The molecular weight excluding hydrogens is 456 g/mol. The molecule has 5 amide bonds. The summed E-state index contributed by atoms with van der Waals surface area (Å²) in [6, 6.07) is 6.40. The summed E-state index contributed by atoms with van der Waals surface area (Å²) in [6.45, 7) is 4.30. The first kappa shape index (κ1) is 22.1. The summed E-state index contributed by atoms with van der Waals surface area (Å²) in [6.07, 6.45) is 0.814. The topological polar surface area (TPSA) is 108 Å². The van der Waals surface area contributed by atoms with Crippen molar-refractivity contribution in [1.29, 1.82) is 0 Å². The number of ether oxygens (including phenoxy) is 1. The van der Waals surface area contributed by atoms with Crippen LogP contribution in [0.2, 0.25) is 0 Å². The minimum atomic E-state index is -1.23. The predicted octanol–water partition coefficient (Wildman–Crippen LogP) is 1.95. The summed E-state index contributed by atoms with van der Waals surface area (Å²) in [5.41, 5.74) is -0.601. The van der Waals surface area contributed by atoms with E-state index in [1.54, 1.807) is 36.9 Å². The van der Waals surface area contributed by atoms with Crippen LogP contribution < -0.4 is 10.6 Å². The molecule has 2 aliphatic rings. The van der Waals surface area contributed by atoms with E-state index in [1.165, 1.54) is 0 Å². The molecule has 0 saturated carbocycles. The second-order valence-corrected chi connectivity index (χ2v) is 8.40. The van der Waals surface area contributed by atoms with Gasteiger partial charge in [0.05, 0.1) is 6.61 Å². The molecule has 2 N–H and O–H groups in total. The molecule has 0 aliphatic carbocycles. The van der Waals surface area contributed by atoms with Crippen molar-refractivity contribution in [3.05, 3.63) is 34.3 Å². The Labute approximate surface area is 183 Å². The number of hydrogen-bond donors (Lipinski definition) is 2.